The van der Waals surface area contributed by atoms with E-state index in [-0.39, 0.29) is 36.0 Å². The standard InChI is InChI=1S/C33H39N3O5.HI/c1-4-40-31-22-27(15-14-26(31)23-37)34-32(38)12-8-9-24-13-16-29(25-10-6-5-7-11-25)30(21-24)35-33(39)41-28-17-19-36(2,3)20-18-28;/h5-7,10-11,13-16,21-23,28H,4,8-9,12,17-20H2,1-3H3,(H-,34,35,37,38,39);1H. The normalized spacial score (nSPS) is 14.3. The maximum Gasteiger partial charge on any atom is 0.411 e. The van der Waals surface area contributed by atoms with Gasteiger partial charge in [0.1, 0.15) is 11.9 Å². The minimum Gasteiger partial charge on any atom is -1.00 e. The molecule has 1 aliphatic rings. The lowest BCUT2D eigenvalue weighted by Gasteiger charge is -2.36. The number of ether oxygens (including phenoxy) is 2. The highest BCUT2D eigenvalue weighted by atomic mass is 127. The molecule has 42 heavy (non-hydrogen) atoms. The van der Waals surface area contributed by atoms with E-state index in [1.807, 2.05) is 55.5 Å². The third kappa shape index (κ3) is 9.55. The van der Waals surface area contributed by atoms with E-state index in [1.165, 1.54) is 0 Å². The average molecular weight is 686 g/mol. The number of aryl methyl sites for hydroxylation is 1. The Bertz CT molecular complexity index is 1350. The van der Waals surface area contributed by atoms with E-state index in [0.717, 1.165) is 53.4 Å². The predicted molar refractivity (Wildman–Crippen MR) is 161 cm³/mol. The van der Waals surface area contributed by atoms with E-state index >= 15 is 0 Å². The number of carbonyl (C=O) groups excluding carboxylic acids is 3. The van der Waals surface area contributed by atoms with Crippen LogP contribution in [0.5, 0.6) is 5.75 Å². The monoisotopic (exact) mass is 685 g/mol. The lowest BCUT2D eigenvalue weighted by Crippen LogP contribution is -3.00. The first-order chi connectivity index (χ1) is 19.8. The molecular weight excluding hydrogens is 645 g/mol. The van der Waals surface area contributed by atoms with Gasteiger partial charge in [-0.25, -0.2) is 4.79 Å². The van der Waals surface area contributed by atoms with Crippen LogP contribution in [-0.2, 0) is 16.0 Å². The van der Waals surface area contributed by atoms with Crippen molar-refractivity contribution in [3.63, 3.8) is 0 Å². The number of carbonyl (C=O) groups is 3. The number of benzene rings is 3. The highest BCUT2D eigenvalue weighted by molar-refractivity contribution is 5.93. The number of halogens is 1. The van der Waals surface area contributed by atoms with Gasteiger partial charge in [0.15, 0.2) is 6.29 Å². The predicted octanol–water partition coefficient (Wildman–Crippen LogP) is 3.32. The summed E-state index contributed by atoms with van der Waals surface area (Å²) in [5, 5.41) is 5.87. The van der Waals surface area contributed by atoms with Gasteiger partial charge in [0.05, 0.1) is 45.0 Å². The minimum absolute atomic E-state index is 0. The Morgan fingerprint density at radius 3 is 2.40 bits per heavy atom. The molecule has 0 radical (unpaired) electrons. The summed E-state index contributed by atoms with van der Waals surface area (Å²) in [6.45, 7) is 4.23. The summed E-state index contributed by atoms with van der Waals surface area (Å²) in [5.41, 5.74) is 4.64. The van der Waals surface area contributed by atoms with Gasteiger partial charge in [0.25, 0.3) is 0 Å². The van der Waals surface area contributed by atoms with Gasteiger partial charge in [-0.1, -0.05) is 42.5 Å². The van der Waals surface area contributed by atoms with E-state index in [0.29, 0.717) is 48.6 Å². The van der Waals surface area contributed by atoms with Crippen LogP contribution in [0.15, 0.2) is 66.7 Å². The van der Waals surface area contributed by atoms with Crippen LogP contribution in [0.3, 0.4) is 0 Å². The number of hydrogen-bond acceptors (Lipinski definition) is 5. The topological polar surface area (TPSA) is 93.7 Å². The number of piperidine rings is 1. The van der Waals surface area contributed by atoms with Crippen molar-refractivity contribution in [3.8, 4) is 16.9 Å². The van der Waals surface area contributed by atoms with Crippen LogP contribution in [0, 0.1) is 0 Å². The summed E-state index contributed by atoms with van der Waals surface area (Å²) in [6.07, 6.45) is 3.52. The second-order valence-electron chi connectivity index (χ2n) is 11.1. The van der Waals surface area contributed by atoms with Gasteiger partial charge >= 0.3 is 6.09 Å². The number of nitrogens with one attached hydrogen (secondary N) is 2. The molecule has 3 aromatic rings. The number of anilines is 2. The molecule has 4 rings (SSSR count). The van der Waals surface area contributed by atoms with Gasteiger partial charge in [-0.05, 0) is 49.1 Å². The van der Waals surface area contributed by atoms with Crippen LogP contribution in [0.1, 0.15) is 48.5 Å². The number of hydrogen-bond donors (Lipinski definition) is 2. The molecule has 0 saturated carbocycles. The zero-order valence-electron chi connectivity index (χ0n) is 24.5. The number of amides is 2. The van der Waals surface area contributed by atoms with Crippen LogP contribution < -0.4 is 39.3 Å². The molecule has 0 aromatic heterocycles. The number of nitrogens with zero attached hydrogens (tertiary/aromatic N) is 1. The molecule has 0 bridgehead atoms. The fraction of sp³-hybridized carbons (Fsp3) is 0.364. The zero-order chi connectivity index (χ0) is 29.2. The number of rotatable bonds is 11. The molecule has 2 N–H and O–H groups in total. The third-order valence-corrected chi connectivity index (χ3v) is 7.39. The van der Waals surface area contributed by atoms with Crippen LogP contribution >= 0.6 is 0 Å². The van der Waals surface area contributed by atoms with Gasteiger partial charge in [-0.3, -0.25) is 14.9 Å². The SMILES string of the molecule is CCOc1cc(NC(=O)CCCc2ccc(-c3ccccc3)c(NC(=O)OC3CC[N+](C)(C)CC3)c2)ccc1C=O.[I-]. The van der Waals surface area contributed by atoms with Crippen LogP contribution in [0.25, 0.3) is 11.1 Å². The molecule has 224 valence electrons. The zero-order valence-corrected chi connectivity index (χ0v) is 26.7. The Labute approximate surface area is 265 Å². The molecule has 9 heteroatoms. The fourth-order valence-corrected chi connectivity index (χ4v) is 5.04. The van der Waals surface area contributed by atoms with Crippen molar-refractivity contribution in [2.24, 2.45) is 0 Å². The van der Waals surface area contributed by atoms with Crippen LogP contribution in [0.2, 0.25) is 0 Å². The summed E-state index contributed by atoms with van der Waals surface area (Å²) < 4.78 is 12.2. The highest BCUT2D eigenvalue weighted by Crippen LogP contribution is 2.30. The quantitative estimate of drug-likeness (QED) is 0.184. The Hall–Kier alpha value is -3.44. The lowest BCUT2D eigenvalue weighted by molar-refractivity contribution is -0.896. The molecule has 1 heterocycles. The van der Waals surface area contributed by atoms with Gasteiger partial charge in [-0.15, -0.1) is 0 Å². The van der Waals surface area contributed by atoms with E-state index < -0.39 is 6.09 Å². The van der Waals surface area contributed by atoms with Crippen LogP contribution in [-0.4, -0.2) is 62.7 Å². The fourth-order valence-electron chi connectivity index (χ4n) is 5.04. The molecule has 0 aliphatic carbocycles. The van der Waals surface area contributed by atoms with Crippen molar-refractivity contribution in [1.29, 1.82) is 0 Å². The second-order valence-corrected chi connectivity index (χ2v) is 11.1. The lowest BCUT2D eigenvalue weighted by atomic mass is 9.99. The Balaban J connectivity index is 0.00000484. The van der Waals surface area contributed by atoms with E-state index in [9.17, 15) is 14.4 Å². The van der Waals surface area contributed by atoms with Crippen molar-refractivity contribution in [1.82, 2.24) is 0 Å². The Kier molecular flexibility index (Phi) is 12.4. The maximum atomic E-state index is 12.9. The second kappa shape index (κ2) is 15.7. The van der Waals surface area contributed by atoms with E-state index in [1.54, 1.807) is 18.2 Å². The summed E-state index contributed by atoms with van der Waals surface area (Å²) >= 11 is 0. The van der Waals surface area contributed by atoms with Crippen molar-refractivity contribution in [2.45, 2.75) is 45.1 Å². The number of likely N-dealkylation sites (tertiary alicyclic amines) is 1. The van der Waals surface area contributed by atoms with Gasteiger partial charge in [-0.2, -0.15) is 0 Å². The first-order valence-electron chi connectivity index (χ1n) is 14.3. The smallest absolute Gasteiger partial charge is 0.411 e. The molecular formula is C33H40IN3O5. The molecule has 1 fully saturated rings. The van der Waals surface area contributed by atoms with Crippen molar-refractivity contribution in [2.75, 3.05) is 44.4 Å². The Morgan fingerprint density at radius 2 is 1.71 bits per heavy atom. The summed E-state index contributed by atoms with van der Waals surface area (Å²) in [7, 11) is 4.39. The number of quaternary nitrogens is 1. The number of aldehydes is 1. The minimum atomic E-state index is -0.442. The van der Waals surface area contributed by atoms with Gasteiger partial charge in [0, 0.05) is 36.6 Å². The maximum absolute atomic E-state index is 12.9. The molecule has 1 aliphatic heterocycles. The van der Waals surface area contributed by atoms with E-state index in [4.69, 9.17) is 9.47 Å². The molecule has 0 spiro atoms. The molecule has 0 unspecified atom stereocenters. The summed E-state index contributed by atoms with van der Waals surface area (Å²) in [5.74, 6) is 0.326. The van der Waals surface area contributed by atoms with Gasteiger partial charge < -0.3 is 43.3 Å². The van der Waals surface area contributed by atoms with Crippen LogP contribution in [0.4, 0.5) is 16.2 Å². The molecule has 3 aromatic carbocycles. The highest BCUT2D eigenvalue weighted by Gasteiger charge is 2.28. The van der Waals surface area contributed by atoms with Crippen molar-refractivity contribution in [3.05, 3.63) is 77.9 Å². The van der Waals surface area contributed by atoms with Crippen molar-refractivity contribution >= 4 is 29.7 Å². The molecule has 2 amide bonds. The average Bonchev–Trinajstić information content (AvgIpc) is 2.95. The third-order valence-electron chi connectivity index (χ3n) is 7.39. The largest absolute Gasteiger partial charge is 1.00 e. The molecule has 0 atom stereocenters. The first kappa shape index (κ1) is 33.1. The first-order valence-corrected chi connectivity index (χ1v) is 14.3. The van der Waals surface area contributed by atoms with Gasteiger partial charge in [0.2, 0.25) is 5.91 Å². The molecule has 1 saturated heterocycles. The Morgan fingerprint density at radius 1 is 0.976 bits per heavy atom. The summed E-state index contributed by atoms with van der Waals surface area (Å²) in [6, 6.07) is 20.9. The van der Waals surface area contributed by atoms with E-state index in [2.05, 4.69) is 24.7 Å². The summed E-state index contributed by atoms with van der Waals surface area (Å²) in [4.78, 5) is 36.7. The van der Waals surface area contributed by atoms with Crippen molar-refractivity contribution < 1.29 is 52.3 Å². The molecule has 8 nitrogen and oxygen atoms in total.